The molecule has 4 bridgehead atoms. The van der Waals surface area contributed by atoms with Crippen molar-refractivity contribution < 1.29 is 37.5 Å². The van der Waals surface area contributed by atoms with Gasteiger partial charge in [-0.15, -0.1) is 0 Å². The molecule has 60 heavy (non-hydrogen) atoms. The van der Waals surface area contributed by atoms with Gasteiger partial charge >= 0.3 is 6.03 Å². The summed E-state index contributed by atoms with van der Waals surface area (Å²) in [6, 6.07) is 6.96. The first-order chi connectivity index (χ1) is 29.1. The van der Waals surface area contributed by atoms with Crippen LogP contribution in [0.4, 0.5) is 30.8 Å². The summed E-state index contributed by atoms with van der Waals surface area (Å²) in [5.41, 5.74) is 1.36. The van der Waals surface area contributed by atoms with Crippen LogP contribution < -0.4 is 20.4 Å². The summed E-state index contributed by atoms with van der Waals surface area (Å²) < 4.78 is 37.4. The first-order valence-electron chi connectivity index (χ1n) is 20.6. The quantitative estimate of drug-likeness (QED) is 0.236. The third-order valence-corrected chi connectivity index (χ3v) is 13.4. The minimum atomic E-state index is -2.88. The SMILES string of the molecule is O=C1CCN(N2C(=O)c3ccc(N4C5C[C@@H]4CN(CC4CCC(n6cc(NC(=O)c7cnn8ccc(N9C[C@H]%10C[C@@H]9CO%10)nc78)c(C(F)F)n6)CC4)C5)cc3C2=O)C(=O)N1. The van der Waals surface area contributed by atoms with E-state index in [2.05, 4.69) is 35.5 Å². The predicted octanol–water partition coefficient (Wildman–Crippen LogP) is 3.24. The van der Waals surface area contributed by atoms with Crippen LogP contribution in [0.5, 0.6) is 0 Å². The molecule has 8 aliphatic rings. The molecule has 0 radical (unpaired) electrons. The Morgan fingerprint density at radius 2 is 1.75 bits per heavy atom. The lowest BCUT2D eigenvalue weighted by Gasteiger charge is -2.58. The fourth-order valence-corrected chi connectivity index (χ4v) is 10.5. The Labute approximate surface area is 341 Å². The predicted molar refractivity (Wildman–Crippen MR) is 208 cm³/mol. The smallest absolute Gasteiger partial charge is 0.343 e. The Morgan fingerprint density at radius 3 is 2.48 bits per heavy atom. The molecular weight excluding hydrogens is 783 g/mol. The van der Waals surface area contributed by atoms with E-state index in [1.807, 2.05) is 12.1 Å². The van der Waals surface area contributed by atoms with E-state index in [0.29, 0.717) is 18.2 Å². The molecule has 10 heterocycles. The van der Waals surface area contributed by atoms with Gasteiger partial charge in [0.15, 0.2) is 11.3 Å². The maximum absolute atomic E-state index is 14.3. The van der Waals surface area contributed by atoms with E-state index in [1.54, 1.807) is 23.0 Å². The lowest BCUT2D eigenvalue weighted by atomic mass is 9.83. The van der Waals surface area contributed by atoms with Gasteiger partial charge < -0.3 is 19.9 Å². The largest absolute Gasteiger partial charge is 0.374 e. The van der Waals surface area contributed by atoms with Gasteiger partial charge in [-0.25, -0.2) is 28.1 Å². The summed E-state index contributed by atoms with van der Waals surface area (Å²) in [7, 11) is 0. The van der Waals surface area contributed by atoms with Crippen molar-refractivity contribution in [3.8, 4) is 0 Å². The van der Waals surface area contributed by atoms with Crippen molar-refractivity contribution in [3.05, 3.63) is 65.2 Å². The Kier molecular flexibility index (Phi) is 8.66. The molecule has 2 N–H and O–H groups in total. The molecule has 1 unspecified atom stereocenters. The number of morpholine rings is 1. The number of carbonyl (C=O) groups is 5. The van der Waals surface area contributed by atoms with Crippen LogP contribution >= 0.6 is 0 Å². The summed E-state index contributed by atoms with van der Waals surface area (Å²) in [4.78, 5) is 75.9. The number of alkyl halides is 2. The van der Waals surface area contributed by atoms with Crippen molar-refractivity contribution in [1.82, 2.24) is 44.6 Å². The molecule has 0 spiro atoms. The number of nitrogens with zero attached hydrogens (tertiary/aromatic N) is 10. The molecule has 312 valence electrons. The maximum Gasteiger partial charge on any atom is 0.343 e. The van der Waals surface area contributed by atoms with Crippen LogP contribution in [0.25, 0.3) is 5.65 Å². The molecule has 6 amide bonds. The molecule has 1 aliphatic carbocycles. The molecule has 18 nitrogen and oxygen atoms in total. The number of piperazine rings is 1. The number of imide groups is 2. The van der Waals surface area contributed by atoms with Crippen molar-refractivity contribution in [2.45, 2.75) is 81.6 Å². The van der Waals surface area contributed by atoms with Gasteiger partial charge in [0.1, 0.15) is 11.4 Å². The van der Waals surface area contributed by atoms with Crippen molar-refractivity contribution in [1.29, 1.82) is 0 Å². The number of anilines is 3. The van der Waals surface area contributed by atoms with E-state index in [0.717, 1.165) is 86.2 Å². The maximum atomic E-state index is 14.3. The van der Waals surface area contributed by atoms with E-state index in [1.165, 1.54) is 16.9 Å². The van der Waals surface area contributed by atoms with E-state index in [-0.39, 0.29) is 65.6 Å². The second kappa shape index (κ2) is 14.0. The van der Waals surface area contributed by atoms with Crippen LogP contribution in [-0.4, -0.2) is 133 Å². The number of ether oxygens (including phenoxy) is 1. The fourth-order valence-electron chi connectivity index (χ4n) is 10.5. The molecule has 7 aliphatic heterocycles. The van der Waals surface area contributed by atoms with Crippen molar-refractivity contribution in [3.63, 3.8) is 0 Å². The van der Waals surface area contributed by atoms with Gasteiger partial charge in [0.2, 0.25) is 5.91 Å². The van der Waals surface area contributed by atoms with Crippen LogP contribution in [0, 0.1) is 5.92 Å². The van der Waals surface area contributed by atoms with Gasteiger partial charge in [-0.3, -0.25) is 34.1 Å². The first-order valence-corrected chi connectivity index (χ1v) is 20.6. The van der Waals surface area contributed by atoms with Gasteiger partial charge in [-0.2, -0.15) is 15.2 Å². The fraction of sp³-hybridized carbons (Fsp3) is 0.500. The van der Waals surface area contributed by atoms with Gasteiger partial charge in [0.25, 0.3) is 24.1 Å². The lowest BCUT2D eigenvalue weighted by molar-refractivity contribution is -0.122. The Hall–Kier alpha value is -6.02. The van der Waals surface area contributed by atoms with Gasteiger partial charge in [0, 0.05) is 62.8 Å². The number of halogens is 2. The highest BCUT2D eigenvalue weighted by Crippen LogP contribution is 2.41. The highest BCUT2D eigenvalue weighted by molar-refractivity contribution is 6.22. The van der Waals surface area contributed by atoms with Crippen molar-refractivity contribution >= 4 is 52.5 Å². The van der Waals surface area contributed by atoms with E-state index >= 15 is 0 Å². The third-order valence-electron chi connectivity index (χ3n) is 13.4. The van der Waals surface area contributed by atoms with Crippen LogP contribution in [-0.2, 0) is 9.53 Å². The molecule has 12 rings (SSSR count). The van der Waals surface area contributed by atoms with Crippen LogP contribution in [0.3, 0.4) is 0 Å². The van der Waals surface area contributed by atoms with Crippen LogP contribution in [0.1, 0.15) is 94.2 Å². The molecule has 1 saturated carbocycles. The van der Waals surface area contributed by atoms with E-state index in [9.17, 15) is 32.8 Å². The monoisotopic (exact) mass is 824 g/mol. The zero-order valence-electron chi connectivity index (χ0n) is 32.5. The second-order valence-electron chi connectivity index (χ2n) is 17.0. The average molecular weight is 825 g/mol. The number of aromatic nitrogens is 5. The highest BCUT2D eigenvalue weighted by atomic mass is 19.3. The average Bonchev–Trinajstić information content (AvgIpc) is 4.08. The lowest BCUT2D eigenvalue weighted by Crippen LogP contribution is -2.69. The molecule has 6 saturated heterocycles. The second-order valence-corrected chi connectivity index (χ2v) is 17.0. The summed E-state index contributed by atoms with van der Waals surface area (Å²) in [5, 5.41) is 15.2. The zero-order valence-corrected chi connectivity index (χ0v) is 32.5. The minimum Gasteiger partial charge on any atom is -0.374 e. The first kappa shape index (κ1) is 37.0. The number of hydrogen-bond acceptors (Lipinski definition) is 12. The number of carbonyl (C=O) groups excluding carboxylic acids is 5. The molecule has 4 atom stereocenters. The van der Waals surface area contributed by atoms with Gasteiger partial charge in [0.05, 0.1) is 54.4 Å². The number of benzene rings is 1. The number of amides is 6. The van der Waals surface area contributed by atoms with E-state index in [4.69, 9.17) is 9.72 Å². The number of piperidine rings is 1. The normalized spacial score (nSPS) is 27.6. The minimum absolute atomic E-state index is 0.00362. The number of urea groups is 1. The molecule has 3 aromatic heterocycles. The van der Waals surface area contributed by atoms with Gasteiger partial charge in [-0.05, 0) is 68.7 Å². The van der Waals surface area contributed by atoms with Crippen molar-refractivity contribution in [2.75, 3.05) is 54.4 Å². The number of rotatable bonds is 9. The van der Waals surface area contributed by atoms with Crippen LogP contribution in [0.2, 0.25) is 0 Å². The summed E-state index contributed by atoms with van der Waals surface area (Å²) in [6.45, 7) is 3.94. The van der Waals surface area contributed by atoms with Crippen molar-refractivity contribution in [2.24, 2.45) is 5.92 Å². The third kappa shape index (κ3) is 6.09. The van der Waals surface area contributed by atoms with E-state index < -0.39 is 41.8 Å². The molecule has 4 aromatic rings. The molecule has 7 fully saturated rings. The molecule has 1 aromatic carbocycles. The topological polar surface area (TPSA) is 183 Å². The zero-order chi connectivity index (χ0) is 41.0. The summed E-state index contributed by atoms with van der Waals surface area (Å²) >= 11 is 0. The number of nitrogens with one attached hydrogen (secondary N) is 2. The number of hydrogen-bond donors (Lipinski definition) is 2. The summed E-state index contributed by atoms with van der Waals surface area (Å²) in [5.74, 6) is -1.05. The van der Waals surface area contributed by atoms with Gasteiger partial charge in [-0.1, -0.05) is 0 Å². The highest BCUT2D eigenvalue weighted by Gasteiger charge is 2.48. The Balaban J connectivity index is 0.702. The molecular formula is C40H42F2N12O6. The Morgan fingerprint density at radius 1 is 0.950 bits per heavy atom. The Bertz CT molecular complexity index is 2450. The number of hydrazine groups is 1. The molecule has 20 heteroatoms. The summed E-state index contributed by atoms with van der Waals surface area (Å²) in [6.07, 6.45) is 7.28. The number of fused-ring (bicyclic) bond motifs is 6. The standard InChI is InChI=1S/C40H42F2N12O6/c41-35(42)34-31(44-37(56)30-14-43-50-9-7-32(45-36(30)50)49-18-27-12-26(49)20-60-27)19-51(47-34)22-3-1-21(2-4-22)15-48-16-24-11-25(17-48)53(24)23-5-6-28-29(13-23)39(58)54(38(28)57)52-10-8-33(55)46-40(52)59/h5-7,9,13-14,19,21-22,24-27,35H,1-4,8,10-12,15-18,20H2,(H,44,56)(H,46,55,59)/t21?,22?,24-,25?,26-,27-/m1/s1. The van der Waals surface area contributed by atoms with Crippen LogP contribution in [0.15, 0.2) is 42.9 Å².